The molecular formula is C29H28F5N5O3. The molecule has 1 unspecified atom stereocenters. The zero-order valence-corrected chi connectivity index (χ0v) is 23.0. The molecule has 2 atom stereocenters. The molecule has 1 amide bonds. The summed E-state index contributed by atoms with van der Waals surface area (Å²) in [4.78, 5) is 21.5. The van der Waals surface area contributed by atoms with Crippen LogP contribution in [-0.4, -0.2) is 74.8 Å². The molecule has 0 saturated carbocycles. The molecule has 13 heteroatoms. The number of aliphatic hydroxyl groups is 1. The van der Waals surface area contributed by atoms with E-state index < -0.39 is 48.1 Å². The molecule has 42 heavy (non-hydrogen) atoms. The summed E-state index contributed by atoms with van der Waals surface area (Å²) in [5, 5.41) is 13.9. The maximum Gasteiger partial charge on any atom is 0.433 e. The number of carbonyl (C=O) groups excluding carboxylic acids is 1. The number of carbonyl (C=O) groups is 1. The number of hydrogen-bond acceptors (Lipinski definition) is 6. The normalized spacial score (nSPS) is 17.1. The Balaban J connectivity index is 1.48. The number of rotatable bonds is 6. The summed E-state index contributed by atoms with van der Waals surface area (Å²) in [6.45, 7) is 3.28. The standard InChI is InChI=1S/C29H28F5N5O3/c1-16-14-37(24(15-40)19-10-20(30)12-21(31)11-19)8-9-38(16)28(41)23-13-35-39-26(29(32,33)34)17(2)25(36-27(23)39)18-4-6-22(42-3)7-5-18/h4-7,10-13,16,24,40H,8-9,14-15H2,1-3H3/t16-,24?/m1/s1. The summed E-state index contributed by atoms with van der Waals surface area (Å²) < 4.78 is 76.3. The second-order valence-corrected chi connectivity index (χ2v) is 10.2. The molecule has 1 aliphatic heterocycles. The summed E-state index contributed by atoms with van der Waals surface area (Å²) in [7, 11) is 1.47. The number of hydrogen-bond donors (Lipinski definition) is 1. The highest BCUT2D eigenvalue weighted by Gasteiger charge is 2.40. The average molecular weight is 590 g/mol. The smallest absolute Gasteiger partial charge is 0.433 e. The van der Waals surface area contributed by atoms with Gasteiger partial charge in [0.25, 0.3) is 5.91 Å². The number of aromatic nitrogens is 3. The topological polar surface area (TPSA) is 83.2 Å². The van der Waals surface area contributed by atoms with Gasteiger partial charge >= 0.3 is 6.18 Å². The van der Waals surface area contributed by atoms with Gasteiger partial charge in [0.15, 0.2) is 11.3 Å². The van der Waals surface area contributed by atoms with Crippen molar-refractivity contribution in [1.82, 2.24) is 24.4 Å². The van der Waals surface area contributed by atoms with Gasteiger partial charge < -0.3 is 14.7 Å². The van der Waals surface area contributed by atoms with E-state index in [1.165, 1.54) is 18.9 Å². The SMILES string of the molecule is COc1ccc(-c2nc3c(C(=O)N4CCN(C(CO)c5cc(F)cc(F)c5)C[C@H]4C)cnn3c(C(F)(F)F)c2C)cc1. The van der Waals surface area contributed by atoms with Crippen molar-refractivity contribution < 1.29 is 36.6 Å². The van der Waals surface area contributed by atoms with Crippen LogP contribution in [0.4, 0.5) is 22.0 Å². The molecule has 0 aliphatic carbocycles. The van der Waals surface area contributed by atoms with E-state index in [2.05, 4.69) is 10.1 Å². The maximum atomic E-state index is 14.3. The first-order chi connectivity index (χ1) is 19.9. The van der Waals surface area contributed by atoms with Crippen LogP contribution in [-0.2, 0) is 6.18 Å². The molecule has 2 aromatic carbocycles. The molecule has 0 radical (unpaired) electrons. The van der Waals surface area contributed by atoms with Crippen LogP contribution < -0.4 is 4.74 Å². The van der Waals surface area contributed by atoms with Gasteiger partial charge in [0, 0.05) is 42.9 Å². The Hall–Kier alpha value is -4.10. The van der Waals surface area contributed by atoms with Gasteiger partial charge in [-0.15, -0.1) is 0 Å². The Morgan fingerprint density at radius 2 is 1.79 bits per heavy atom. The average Bonchev–Trinajstić information content (AvgIpc) is 3.35. The first-order valence-electron chi connectivity index (χ1n) is 13.1. The largest absolute Gasteiger partial charge is 0.497 e. The summed E-state index contributed by atoms with van der Waals surface area (Å²) in [6.07, 6.45) is -3.70. The maximum absolute atomic E-state index is 14.3. The Morgan fingerprint density at radius 1 is 1.12 bits per heavy atom. The molecule has 0 bridgehead atoms. The molecule has 3 heterocycles. The number of benzene rings is 2. The lowest BCUT2D eigenvalue weighted by Crippen LogP contribution is -2.55. The number of halogens is 5. The van der Waals surface area contributed by atoms with Gasteiger partial charge in [-0.25, -0.2) is 18.3 Å². The van der Waals surface area contributed by atoms with Gasteiger partial charge in [0.05, 0.1) is 31.6 Å². The first-order valence-corrected chi connectivity index (χ1v) is 13.1. The van der Waals surface area contributed by atoms with Crippen molar-refractivity contribution >= 4 is 11.6 Å². The molecule has 1 fully saturated rings. The van der Waals surface area contributed by atoms with Crippen molar-refractivity contribution in [1.29, 1.82) is 0 Å². The Morgan fingerprint density at radius 3 is 2.36 bits per heavy atom. The number of amides is 1. The minimum absolute atomic E-state index is 0.0537. The minimum atomic E-state index is -4.78. The van der Waals surface area contributed by atoms with Crippen molar-refractivity contribution in [2.24, 2.45) is 0 Å². The number of methoxy groups -OCH3 is 1. The Kier molecular flexibility index (Phi) is 7.90. The third-order valence-corrected chi connectivity index (χ3v) is 7.55. The predicted octanol–water partition coefficient (Wildman–Crippen LogP) is 4.89. The fourth-order valence-electron chi connectivity index (χ4n) is 5.51. The molecule has 1 N–H and O–H groups in total. The van der Waals surface area contributed by atoms with E-state index in [0.717, 1.165) is 24.4 Å². The second-order valence-electron chi connectivity index (χ2n) is 10.2. The molecule has 2 aromatic heterocycles. The van der Waals surface area contributed by atoms with Crippen molar-refractivity contribution in [3.8, 4) is 17.0 Å². The van der Waals surface area contributed by atoms with Crippen LogP contribution in [0.3, 0.4) is 0 Å². The van der Waals surface area contributed by atoms with Gasteiger partial charge in [-0.05, 0) is 55.8 Å². The quantitative estimate of drug-likeness (QED) is 0.323. The van der Waals surface area contributed by atoms with Gasteiger partial charge in [-0.3, -0.25) is 9.69 Å². The molecule has 1 saturated heterocycles. The van der Waals surface area contributed by atoms with E-state index in [9.17, 15) is 31.9 Å². The fraction of sp³-hybridized carbons (Fsp3) is 0.345. The van der Waals surface area contributed by atoms with Crippen LogP contribution >= 0.6 is 0 Å². The molecule has 0 spiro atoms. The molecule has 4 aromatic rings. The van der Waals surface area contributed by atoms with Crippen molar-refractivity contribution in [3.05, 3.63) is 82.7 Å². The predicted molar refractivity (Wildman–Crippen MR) is 143 cm³/mol. The number of fused-ring (bicyclic) bond motifs is 1. The molecule has 1 aliphatic rings. The summed E-state index contributed by atoms with van der Waals surface area (Å²) in [5.41, 5.74) is -0.792. The van der Waals surface area contributed by atoms with Gasteiger partial charge in [-0.1, -0.05) is 0 Å². The van der Waals surface area contributed by atoms with Crippen molar-refractivity contribution in [2.45, 2.75) is 32.1 Å². The molecular weight excluding hydrogens is 561 g/mol. The van der Waals surface area contributed by atoms with Gasteiger partial charge in [0.2, 0.25) is 0 Å². The van der Waals surface area contributed by atoms with E-state index in [1.807, 2.05) is 4.90 Å². The summed E-state index contributed by atoms with van der Waals surface area (Å²) >= 11 is 0. The monoisotopic (exact) mass is 589 g/mol. The Bertz CT molecular complexity index is 1600. The lowest BCUT2D eigenvalue weighted by atomic mass is 10.0. The number of nitrogens with zero attached hydrogens (tertiary/aromatic N) is 5. The van der Waals surface area contributed by atoms with E-state index in [-0.39, 0.29) is 47.7 Å². The summed E-state index contributed by atoms with van der Waals surface area (Å²) in [6, 6.07) is 8.27. The zero-order valence-electron chi connectivity index (χ0n) is 23.0. The van der Waals surface area contributed by atoms with Crippen LogP contribution in [0.1, 0.15) is 40.1 Å². The van der Waals surface area contributed by atoms with E-state index in [1.54, 1.807) is 31.2 Å². The molecule has 5 rings (SSSR count). The van der Waals surface area contributed by atoms with Gasteiger partial charge in [0.1, 0.15) is 22.9 Å². The number of aliphatic hydroxyl groups excluding tert-OH is 1. The van der Waals surface area contributed by atoms with Crippen LogP contribution in [0.15, 0.2) is 48.7 Å². The third-order valence-electron chi connectivity index (χ3n) is 7.55. The van der Waals surface area contributed by atoms with Crippen LogP contribution in [0.2, 0.25) is 0 Å². The van der Waals surface area contributed by atoms with Crippen LogP contribution in [0.5, 0.6) is 5.75 Å². The highest BCUT2D eigenvalue weighted by molar-refractivity contribution is 6.00. The fourth-order valence-corrected chi connectivity index (χ4v) is 5.51. The van der Waals surface area contributed by atoms with E-state index in [4.69, 9.17) is 4.74 Å². The molecule has 222 valence electrons. The highest BCUT2D eigenvalue weighted by Crippen LogP contribution is 2.37. The lowest BCUT2D eigenvalue weighted by molar-refractivity contribution is -0.143. The van der Waals surface area contributed by atoms with Gasteiger partial charge in [-0.2, -0.15) is 18.3 Å². The Labute approximate surface area is 237 Å². The first kappa shape index (κ1) is 29.4. The van der Waals surface area contributed by atoms with Crippen molar-refractivity contribution in [3.63, 3.8) is 0 Å². The third kappa shape index (κ3) is 5.41. The van der Waals surface area contributed by atoms with E-state index >= 15 is 0 Å². The van der Waals surface area contributed by atoms with Crippen LogP contribution in [0.25, 0.3) is 16.9 Å². The number of piperazine rings is 1. The summed E-state index contributed by atoms with van der Waals surface area (Å²) in [5.74, 6) is -1.57. The number of ether oxygens (including phenoxy) is 1. The highest BCUT2D eigenvalue weighted by atomic mass is 19.4. The van der Waals surface area contributed by atoms with Crippen LogP contribution in [0, 0.1) is 18.6 Å². The number of alkyl halides is 3. The molecule has 8 nitrogen and oxygen atoms in total. The lowest BCUT2D eigenvalue weighted by Gasteiger charge is -2.43. The van der Waals surface area contributed by atoms with Crippen molar-refractivity contribution in [2.75, 3.05) is 33.4 Å². The zero-order chi connectivity index (χ0) is 30.3. The second kappa shape index (κ2) is 11.3. The minimum Gasteiger partial charge on any atom is -0.497 e. The van der Waals surface area contributed by atoms with E-state index in [0.29, 0.717) is 15.8 Å².